The van der Waals surface area contributed by atoms with Crippen molar-refractivity contribution >= 4 is 17.4 Å². The highest BCUT2D eigenvalue weighted by Gasteiger charge is 2.13. The summed E-state index contributed by atoms with van der Waals surface area (Å²) in [5.74, 6) is 0.207. The van der Waals surface area contributed by atoms with Gasteiger partial charge in [-0.05, 0) is 31.5 Å². The fourth-order valence-electron chi connectivity index (χ4n) is 2.00. The number of hydrogen-bond donors (Lipinski definition) is 2. The molecule has 0 bridgehead atoms. The van der Waals surface area contributed by atoms with Gasteiger partial charge in [-0.1, -0.05) is 12.1 Å². The molecule has 0 saturated carbocycles. The third-order valence-electron chi connectivity index (χ3n) is 3.17. The van der Waals surface area contributed by atoms with E-state index in [-0.39, 0.29) is 6.54 Å². The van der Waals surface area contributed by atoms with Crippen molar-refractivity contribution in [2.75, 3.05) is 17.2 Å². The molecule has 2 aromatic rings. The van der Waals surface area contributed by atoms with Crippen LogP contribution < -0.4 is 16.4 Å². The maximum absolute atomic E-state index is 11.3. The monoisotopic (exact) mass is 285 g/mol. The van der Waals surface area contributed by atoms with E-state index < -0.39 is 5.91 Å². The van der Waals surface area contributed by atoms with Gasteiger partial charge in [-0.25, -0.2) is 4.98 Å². The molecular weight excluding hydrogens is 266 g/mol. The number of nitrogens with two attached hydrogens (primary N) is 2. The van der Waals surface area contributed by atoms with E-state index in [1.807, 2.05) is 38.1 Å². The molecule has 6 heteroatoms. The van der Waals surface area contributed by atoms with Gasteiger partial charge in [0.05, 0.1) is 24.1 Å². The quantitative estimate of drug-likeness (QED) is 0.803. The van der Waals surface area contributed by atoms with E-state index in [1.165, 1.54) is 0 Å². The highest BCUT2D eigenvalue weighted by molar-refractivity contribution is 5.79. The molecule has 4 N–H and O–H groups in total. The van der Waals surface area contributed by atoms with Gasteiger partial charge in [-0.2, -0.15) is 0 Å². The van der Waals surface area contributed by atoms with Crippen molar-refractivity contribution in [1.29, 1.82) is 0 Å². The first-order valence-electron chi connectivity index (χ1n) is 6.63. The Hall–Kier alpha value is -2.63. The molecule has 0 atom stereocenters. The molecule has 0 saturated heterocycles. The van der Waals surface area contributed by atoms with E-state index in [4.69, 9.17) is 11.5 Å². The summed E-state index contributed by atoms with van der Waals surface area (Å²) in [6.07, 6.45) is 1.65. The van der Waals surface area contributed by atoms with E-state index >= 15 is 0 Å². The smallest absolute Gasteiger partial charge is 0.237 e. The van der Waals surface area contributed by atoms with Gasteiger partial charge >= 0.3 is 0 Å². The average molecular weight is 285 g/mol. The maximum atomic E-state index is 11.3. The third kappa shape index (κ3) is 3.92. The molecule has 1 heterocycles. The van der Waals surface area contributed by atoms with E-state index in [9.17, 15) is 4.79 Å². The summed E-state index contributed by atoms with van der Waals surface area (Å²) < 4.78 is 0. The lowest BCUT2D eigenvalue weighted by Gasteiger charge is -2.22. The van der Waals surface area contributed by atoms with Crippen molar-refractivity contribution in [1.82, 2.24) is 9.97 Å². The van der Waals surface area contributed by atoms with Crippen molar-refractivity contribution in [3.05, 3.63) is 47.4 Å². The summed E-state index contributed by atoms with van der Waals surface area (Å²) in [4.78, 5) is 21.8. The molecule has 0 radical (unpaired) electrons. The van der Waals surface area contributed by atoms with Crippen LogP contribution in [0.5, 0.6) is 0 Å². The van der Waals surface area contributed by atoms with E-state index in [0.717, 1.165) is 17.0 Å². The number of rotatable bonds is 5. The first kappa shape index (κ1) is 14.8. The van der Waals surface area contributed by atoms with Gasteiger partial charge in [0.25, 0.3) is 0 Å². The average Bonchev–Trinajstić information content (AvgIpc) is 2.41. The highest BCUT2D eigenvalue weighted by Crippen LogP contribution is 2.16. The molecule has 1 aromatic carbocycles. The maximum Gasteiger partial charge on any atom is 0.237 e. The number of benzene rings is 1. The fraction of sp³-hybridized carbons (Fsp3) is 0.267. The Morgan fingerprint density at radius 1 is 1.29 bits per heavy atom. The lowest BCUT2D eigenvalue weighted by atomic mass is 10.2. The number of nitrogens with zero attached hydrogens (tertiary/aromatic N) is 3. The van der Waals surface area contributed by atoms with Gasteiger partial charge in [0.1, 0.15) is 5.82 Å². The molecular formula is C15H19N5O. The molecule has 1 amide bonds. The Morgan fingerprint density at radius 2 is 2.05 bits per heavy atom. The zero-order chi connectivity index (χ0) is 15.4. The second-order valence-corrected chi connectivity index (χ2v) is 4.97. The van der Waals surface area contributed by atoms with Crippen LogP contribution in [0.25, 0.3) is 0 Å². The number of carbonyl (C=O) groups excluding carboxylic acids is 1. The summed E-state index contributed by atoms with van der Waals surface area (Å²) in [5.41, 5.74) is 14.5. The van der Waals surface area contributed by atoms with Crippen LogP contribution in [-0.4, -0.2) is 22.4 Å². The van der Waals surface area contributed by atoms with Crippen molar-refractivity contribution in [2.24, 2.45) is 5.73 Å². The van der Waals surface area contributed by atoms with Crippen LogP contribution in [-0.2, 0) is 11.3 Å². The molecule has 0 aliphatic carbocycles. The Balaban J connectivity index is 2.29. The number of aryl methyl sites for hydroxylation is 2. The molecule has 0 fully saturated rings. The van der Waals surface area contributed by atoms with Crippen LogP contribution >= 0.6 is 0 Å². The molecule has 21 heavy (non-hydrogen) atoms. The first-order chi connectivity index (χ1) is 9.95. The van der Waals surface area contributed by atoms with Crippen molar-refractivity contribution in [2.45, 2.75) is 20.4 Å². The zero-order valence-corrected chi connectivity index (χ0v) is 12.2. The number of carbonyl (C=O) groups is 1. The van der Waals surface area contributed by atoms with E-state index in [1.54, 1.807) is 11.1 Å². The lowest BCUT2D eigenvalue weighted by molar-refractivity contribution is -0.116. The SMILES string of the molecule is Cc1ncc(N(CC(N)=O)Cc2cccc(N)c2)nc1C. The predicted molar refractivity (Wildman–Crippen MR) is 82.6 cm³/mol. The van der Waals surface area contributed by atoms with Gasteiger partial charge in [0.2, 0.25) is 5.91 Å². The van der Waals surface area contributed by atoms with Crippen molar-refractivity contribution < 1.29 is 4.79 Å². The van der Waals surface area contributed by atoms with Crippen molar-refractivity contribution in [3.63, 3.8) is 0 Å². The summed E-state index contributed by atoms with van der Waals surface area (Å²) in [7, 11) is 0. The molecule has 0 unspecified atom stereocenters. The third-order valence-corrected chi connectivity index (χ3v) is 3.17. The minimum Gasteiger partial charge on any atom is -0.399 e. The van der Waals surface area contributed by atoms with E-state index in [2.05, 4.69) is 9.97 Å². The Morgan fingerprint density at radius 3 is 2.67 bits per heavy atom. The normalized spacial score (nSPS) is 10.4. The minimum atomic E-state index is -0.418. The molecule has 0 spiro atoms. The van der Waals surface area contributed by atoms with Crippen LogP contribution in [0, 0.1) is 13.8 Å². The number of amides is 1. The van der Waals surface area contributed by atoms with Crippen LogP contribution in [0.4, 0.5) is 11.5 Å². The van der Waals surface area contributed by atoms with Crippen LogP contribution in [0.15, 0.2) is 30.5 Å². The van der Waals surface area contributed by atoms with Crippen LogP contribution in [0.3, 0.4) is 0 Å². The molecule has 6 nitrogen and oxygen atoms in total. The van der Waals surface area contributed by atoms with Crippen LogP contribution in [0.2, 0.25) is 0 Å². The fourth-order valence-corrected chi connectivity index (χ4v) is 2.00. The summed E-state index contributed by atoms with van der Waals surface area (Å²) in [6, 6.07) is 7.50. The van der Waals surface area contributed by atoms with Gasteiger partial charge < -0.3 is 16.4 Å². The van der Waals surface area contributed by atoms with Crippen LogP contribution in [0.1, 0.15) is 17.0 Å². The minimum absolute atomic E-state index is 0.0754. The second-order valence-electron chi connectivity index (χ2n) is 4.97. The van der Waals surface area contributed by atoms with Gasteiger partial charge in [-0.15, -0.1) is 0 Å². The number of anilines is 2. The topological polar surface area (TPSA) is 98.1 Å². The molecule has 2 rings (SSSR count). The second kappa shape index (κ2) is 6.21. The largest absolute Gasteiger partial charge is 0.399 e. The molecule has 0 aliphatic rings. The first-order valence-corrected chi connectivity index (χ1v) is 6.63. The highest BCUT2D eigenvalue weighted by atomic mass is 16.1. The summed E-state index contributed by atoms with van der Waals surface area (Å²) in [6.45, 7) is 4.34. The Labute approximate surface area is 123 Å². The summed E-state index contributed by atoms with van der Waals surface area (Å²) >= 11 is 0. The number of nitrogen functional groups attached to an aromatic ring is 1. The molecule has 110 valence electrons. The number of aromatic nitrogens is 2. The van der Waals surface area contributed by atoms with Crippen molar-refractivity contribution in [3.8, 4) is 0 Å². The predicted octanol–water partition coefficient (Wildman–Crippen LogP) is 1.17. The van der Waals surface area contributed by atoms with Gasteiger partial charge in [-0.3, -0.25) is 9.78 Å². The lowest BCUT2D eigenvalue weighted by Crippen LogP contribution is -2.34. The zero-order valence-electron chi connectivity index (χ0n) is 12.2. The molecule has 0 aliphatic heterocycles. The number of hydrogen-bond acceptors (Lipinski definition) is 5. The number of primary amides is 1. The standard InChI is InChI=1S/C15H19N5O/c1-10-11(2)19-15(7-18-10)20(9-14(17)21)8-12-4-3-5-13(16)6-12/h3-7H,8-9,16H2,1-2H3,(H2,17,21). The van der Waals surface area contributed by atoms with E-state index in [0.29, 0.717) is 18.1 Å². The van der Waals surface area contributed by atoms with Gasteiger partial charge in [0.15, 0.2) is 0 Å². The van der Waals surface area contributed by atoms with Gasteiger partial charge in [0, 0.05) is 12.2 Å². The Bertz CT molecular complexity index is 656. The Kier molecular flexibility index (Phi) is 4.37. The molecule has 1 aromatic heterocycles. The summed E-state index contributed by atoms with van der Waals surface area (Å²) in [5, 5.41) is 0.